The lowest BCUT2D eigenvalue weighted by Gasteiger charge is -2.30. The van der Waals surface area contributed by atoms with Crippen LogP contribution in [0.15, 0.2) is 23.0 Å². The highest BCUT2D eigenvalue weighted by atomic mass is 32.2. The number of furan rings is 1. The standard InChI is InChI=1S/C20H26N2O6S/c23-18(13-3-7-29(25,26)8-4-13)21-9-15-16-10-22(19(24)14-2-6-27-11-14)12-20(16)5-1-17(15)28-20/h2,6,11,13,15-17H,1,3-5,7-10,12H2,(H,21,23)/t15-,16+,17+,20+/m0/s1. The average Bonchev–Trinajstić information content (AvgIpc) is 3.45. The molecule has 1 aromatic heterocycles. The van der Waals surface area contributed by atoms with Crippen LogP contribution in [0.25, 0.3) is 0 Å². The summed E-state index contributed by atoms with van der Waals surface area (Å²) >= 11 is 0. The van der Waals surface area contributed by atoms with Crippen molar-refractivity contribution in [3.63, 3.8) is 0 Å². The number of fused-ring (bicyclic) bond motifs is 1. The van der Waals surface area contributed by atoms with Gasteiger partial charge in [-0.2, -0.15) is 0 Å². The fourth-order valence-electron chi connectivity index (χ4n) is 5.70. The van der Waals surface area contributed by atoms with Crippen LogP contribution in [0.1, 0.15) is 36.0 Å². The topological polar surface area (TPSA) is 106 Å². The largest absolute Gasteiger partial charge is 0.472 e. The minimum atomic E-state index is -2.98. The molecule has 4 aliphatic rings. The molecule has 4 fully saturated rings. The van der Waals surface area contributed by atoms with Crippen molar-refractivity contribution in [2.45, 2.75) is 37.4 Å². The maximum atomic E-state index is 12.7. The van der Waals surface area contributed by atoms with E-state index in [2.05, 4.69) is 5.32 Å². The van der Waals surface area contributed by atoms with Gasteiger partial charge in [0.1, 0.15) is 16.1 Å². The molecule has 1 aromatic rings. The van der Waals surface area contributed by atoms with Crippen molar-refractivity contribution in [3.05, 3.63) is 24.2 Å². The molecular weight excluding hydrogens is 396 g/mol. The maximum absolute atomic E-state index is 12.7. The van der Waals surface area contributed by atoms with E-state index in [1.54, 1.807) is 6.07 Å². The summed E-state index contributed by atoms with van der Waals surface area (Å²) in [5.74, 6) is 0.261. The Bertz CT molecular complexity index is 899. The second kappa shape index (κ2) is 6.84. The minimum absolute atomic E-state index is 0.0409. The Hall–Kier alpha value is -1.87. The highest BCUT2D eigenvalue weighted by Gasteiger charge is 2.63. The van der Waals surface area contributed by atoms with E-state index in [4.69, 9.17) is 9.15 Å². The van der Waals surface area contributed by atoms with Crippen LogP contribution >= 0.6 is 0 Å². The first kappa shape index (κ1) is 19.1. The monoisotopic (exact) mass is 422 g/mol. The molecule has 0 saturated carbocycles. The third-order valence-electron chi connectivity index (χ3n) is 7.28. The van der Waals surface area contributed by atoms with Gasteiger partial charge in [-0.1, -0.05) is 0 Å². The summed E-state index contributed by atoms with van der Waals surface area (Å²) in [5.41, 5.74) is 0.256. The van der Waals surface area contributed by atoms with E-state index in [-0.39, 0.29) is 52.8 Å². The molecule has 2 bridgehead atoms. The number of likely N-dealkylation sites (tertiary alicyclic amines) is 1. The second-order valence-electron chi connectivity index (χ2n) is 8.90. The van der Waals surface area contributed by atoms with Gasteiger partial charge in [-0.05, 0) is 31.7 Å². The summed E-state index contributed by atoms with van der Waals surface area (Å²) in [6.07, 6.45) is 5.79. The molecule has 4 atom stereocenters. The Kier molecular flexibility index (Phi) is 4.51. The highest BCUT2D eigenvalue weighted by molar-refractivity contribution is 7.91. The van der Waals surface area contributed by atoms with Crippen molar-refractivity contribution in [2.24, 2.45) is 17.8 Å². The van der Waals surface area contributed by atoms with Crippen LogP contribution in [0.2, 0.25) is 0 Å². The van der Waals surface area contributed by atoms with Gasteiger partial charge >= 0.3 is 0 Å². The lowest BCUT2D eigenvalue weighted by atomic mass is 9.73. The zero-order valence-corrected chi connectivity index (χ0v) is 17.0. The van der Waals surface area contributed by atoms with E-state index in [1.807, 2.05) is 4.90 Å². The van der Waals surface area contributed by atoms with Crippen molar-refractivity contribution >= 4 is 21.7 Å². The van der Waals surface area contributed by atoms with Gasteiger partial charge in [0.25, 0.3) is 5.91 Å². The number of sulfone groups is 1. The summed E-state index contributed by atoms with van der Waals surface area (Å²) in [6.45, 7) is 1.73. The lowest BCUT2D eigenvalue weighted by Crippen LogP contribution is -2.44. The molecule has 0 aromatic carbocycles. The molecule has 2 amide bonds. The van der Waals surface area contributed by atoms with Crippen LogP contribution in [0.5, 0.6) is 0 Å². The Labute approximate surface area is 169 Å². The number of nitrogens with zero attached hydrogens (tertiary/aromatic N) is 1. The molecule has 5 heterocycles. The molecule has 0 aliphatic carbocycles. The van der Waals surface area contributed by atoms with E-state index in [0.29, 0.717) is 38.0 Å². The van der Waals surface area contributed by atoms with Gasteiger partial charge < -0.3 is 19.4 Å². The minimum Gasteiger partial charge on any atom is -0.472 e. The Morgan fingerprint density at radius 2 is 2.03 bits per heavy atom. The van der Waals surface area contributed by atoms with Gasteiger partial charge in [0.2, 0.25) is 5.91 Å². The molecule has 5 rings (SSSR count). The predicted molar refractivity (Wildman–Crippen MR) is 103 cm³/mol. The molecule has 0 radical (unpaired) electrons. The fraction of sp³-hybridized carbons (Fsp3) is 0.700. The van der Waals surface area contributed by atoms with E-state index >= 15 is 0 Å². The molecule has 29 heavy (non-hydrogen) atoms. The van der Waals surface area contributed by atoms with Gasteiger partial charge in [0.15, 0.2) is 0 Å². The number of hydrogen-bond donors (Lipinski definition) is 1. The molecule has 8 nitrogen and oxygen atoms in total. The summed E-state index contributed by atoms with van der Waals surface area (Å²) in [5, 5.41) is 3.06. The van der Waals surface area contributed by atoms with Gasteiger partial charge in [-0.3, -0.25) is 9.59 Å². The molecule has 4 saturated heterocycles. The summed E-state index contributed by atoms with van der Waals surface area (Å²) < 4.78 is 34.6. The summed E-state index contributed by atoms with van der Waals surface area (Å²) in [7, 11) is -2.98. The van der Waals surface area contributed by atoms with E-state index in [9.17, 15) is 18.0 Å². The zero-order valence-electron chi connectivity index (χ0n) is 16.2. The zero-order chi connectivity index (χ0) is 20.2. The van der Waals surface area contributed by atoms with Crippen LogP contribution in [0.3, 0.4) is 0 Å². The van der Waals surface area contributed by atoms with Gasteiger partial charge in [-0.15, -0.1) is 0 Å². The number of ether oxygens (including phenoxy) is 1. The normalized spacial score (nSPS) is 35.6. The lowest BCUT2D eigenvalue weighted by molar-refractivity contribution is -0.125. The molecule has 158 valence electrons. The predicted octanol–water partition coefficient (Wildman–Crippen LogP) is 0.840. The van der Waals surface area contributed by atoms with Crippen LogP contribution in [-0.4, -0.2) is 68.0 Å². The van der Waals surface area contributed by atoms with Crippen molar-refractivity contribution in [2.75, 3.05) is 31.1 Å². The van der Waals surface area contributed by atoms with Crippen molar-refractivity contribution in [1.29, 1.82) is 0 Å². The maximum Gasteiger partial charge on any atom is 0.257 e. The molecule has 1 N–H and O–H groups in total. The van der Waals surface area contributed by atoms with Gasteiger partial charge in [-0.25, -0.2) is 8.42 Å². The van der Waals surface area contributed by atoms with E-state index < -0.39 is 9.84 Å². The second-order valence-corrected chi connectivity index (χ2v) is 11.2. The number of carbonyl (C=O) groups excluding carboxylic acids is 2. The summed E-state index contributed by atoms with van der Waals surface area (Å²) in [6, 6.07) is 1.68. The van der Waals surface area contributed by atoms with Crippen LogP contribution in [-0.2, 0) is 19.4 Å². The molecule has 4 aliphatic heterocycles. The Balaban J connectivity index is 1.22. The molecule has 1 spiro atoms. The Morgan fingerprint density at radius 3 is 2.76 bits per heavy atom. The van der Waals surface area contributed by atoms with Crippen molar-refractivity contribution in [1.82, 2.24) is 10.2 Å². The SMILES string of the molecule is O=C(NC[C@H]1[C@H]2CN(C(=O)c3ccoc3)C[C@]23CC[C@H]1O3)C1CCS(=O)(=O)CC1. The first-order chi connectivity index (χ1) is 13.9. The van der Waals surface area contributed by atoms with Crippen LogP contribution in [0, 0.1) is 17.8 Å². The van der Waals surface area contributed by atoms with Gasteiger partial charge in [0, 0.05) is 30.8 Å². The average molecular weight is 423 g/mol. The van der Waals surface area contributed by atoms with Crippen LogP contribution < -0.4 is 5.32 Å². The van der Waals surface area contributed by atoms with E-state index in [0.717, 1.165) is 12.8 Å². The number of amides is 2. The van der Waals surface area contributed by atoms with Gasteiger partial charge in [0.05, 0.1) is 41.6 Å². The molecular formula is C20H26N2O6S. The molecule has 0 unspecified atom stereocenters. The first-order valence-corrected chi connectivity index (χ1v) is 12.2. The fourth-order valence-corrected chi connectivity index (χ4v) is 7.19. The first-order valence-electron chi connectivity index (χ1n) is 10.3. The number of nitrogens with one attached hydrogen (secondary N) is 1. The number of rotatable bonds is 4. The highest BCUT2D eigenvalue weighted by Crippen LogP contribution is 2.54. The number of carbonyl (C=O) groups is 2. The van der Waals surface area contributed by atoms with Crippen LogP contribution in [0.4, 0.5) is 0 Å². The Morgan fingerprint density at radius 1 is 1.24 bits per heavy atom. The van der Waals surface area contributed by atoms with Crippen molar-refractivity contribution < 1.29 is 27.2 Å². The molecule has 9 heteroatoms. The quantitative estimate of drug-likeness (QED) is 0.771. The summed E-state index contributed by atoms with van der Waals surface area (Å²) in [4.78, 5) is 27.1. The third kappa shape index (κ3) is 3.28. The smallest absolute Gasteiger partial charge is 0.257 e. The van der Waals surface area contributed by atoms with E-state index in [1.165, 1.54) is 12.5 Å². The third-order valence-corrected chi connectivity index (χ3v) is 8.99. The van der Waals surface area contributed by atoms with Crippen molar-refractivity contribution in [3.8, 4) is 0 Å². The number of hydrogen-bond acceptors (Lipinski definition) is 6.